The molecule has 2 amide bonds. The lowest BCUT2D eigenvalue weighted by atomic mass is 9.32. The first kappa shape index (κ1) is 40.8. The van der Waals surface area contributed by atoms with Crippen molar-refractivity contribution in [2.24, 2.45) is 56.7 Å². The van der Waals surface area contributed by atoms with Crippen molar-refractivity contribution in [3.63, 3.8) is 0 Å². The summed E-state index contributed by atoms with van der Waals surface area (Å²) >= 11 is 0. The number of rotatable bonds is 10. The SMILES string of the molecule is CC(O)(CO)C1CC[C@]2(C(=O)NCCc3cccc(C(=O)NCc4ccc(C(=O)O)cn4)c3)CC[C@]3(C)C(CCC4[C@@]5(C)CC[C@H](O)C(C)(C)C5CC[C@]43C)C12. The number of pyridine rings is 1. The van der Waals surface area contributed by atoms with Gasteiger partial charge in [0, 0.05) is 18.3 Å². The minimum atomic E-state index is -1.28. The summed E-state index contributed by atoms with van der Waals surface area (Å²) in [6.45, 7) is 14.2. The summed E-state index contributed by atoms with van der Waals surface area (Å²) < 4.78 is 0. The Kier molecular flexibility index (Phi) is 10.6. The van der Waals surface area contributed by atoms with E-state index in [0.29, 0.717) is 48.9 Å². The number of carboxylic acid groups (broad SMARTS) is 1. The topological polar surface area (TPSA) is 169 Å². The maximum Gasteiger partial charge on any atom is 0.337 e. The van der Waals surface area contributed by atoms with Crippen LogP contribution >= 0.6 is 0 Å². The largest absolute Gasteiger partial charge is 0.478 e. The fraction of sp³-hybridized carbons (Fsp3) is 0.696. The van der Waals surface area contributed by atoms with Crippen LogP contribution in [0.15, 0.2) is 42.6 Å². The van der Waals surface area contributed by atoms with Crippen LogP contribution in [-0.4, -0.2) is 68.1 Å². The third-order valence-electron chi connectivity index (χ3n) is 17.4. The molecule has 11 atom stereocenters. The van der Waals surface area contributed by atoms with Crippen LogP contribution in [0.1, 0.15) is 138 Å². The number of hydrogen-bond donors (Lipinski definition) is 6. The van der Waals surface area contributed by atoms with Gasteiger partial charge in [0.2, 0.25) is 5.91 Å². The summed E-state index contributed by atoms with van der Waals surface area (Å²) in [5.74, 6) is -0.246. The molecular weight excluding hydrogens is 707 g/mol. The average molecular weight is 772 g/mol. The quantitative estimate of drug-likeness (QED) is 0.158. The fourth-order valence-corrected chi connectivity index (χ4v) is 14.1. The molecule has 0 bridgehead atoms. The summed E-state index contributed by atoms with van der Waals surface area (Å²) in [5, 5.41) is 48.7. The molecule has 5 aliphatic carbocycles. The molecule has 10 nitrogen and oxygen atoms in total. The van der Waals surface area contributed by atoms with Gasteiger partial charge in [-0.05, 0) is 159 Å². The van der Waals surface area contributed by atoms with Crippen molar-refractivity contribution in [1.29, 1.82) is 0 Å². The Morgan fingerprint density at radius 3 is 2.32 bits per heavy atom. The van der Waals surface area contributed by atoms with Gasteiger partial charge in [-0.1, -0.05) is 46.8 Å². The van der Waals surface area contributed by atoms with Crippen molar-refractivity contribution < 1.29 is 34.8 Å². The molecule has 0 aliphatic heterocycles. The number of carbonyl (C=O) groups excluding carboxylic acids is 2. The van der Waals surface area contributed by atoms with Gasteiger partial charge in [0.25, 0.3) is 5.91 Å². The van der Waals surface area contributed by atoms with E-state index in [9.17, 15) is 29.7 Å². The molecule has 1 heterocycles. The second kappa shape index (κ2) is 14.5. The highest BCUT2D eigenvalue weighted by molar-refractivity contribution is 5.94. The van der Waals surface area contributed by atoms with Crippen molar-refractivity contribution in [2.45, 2.75) is 130 Å². The van der Waals surface area contributed by atoms with Gasteiger partial charge in [0.15, 0.2) is 0 Å². The van der Waals surface area contributed by atoms with Gasteiger partial charge in [-0.3, -0.25) is 14.6 Å². The predicted octanol–water partition coefficient (Wildman–Crippen LogP) is 6.55. The lowest BCUT2D eigenvalue weighted by molar-refractivity contribution is -0.251. The first-order valence-corrected chi connectivity index (χ1v) is 21.2. The highest BCUT2D eigenvalue weighted by atomic mass is 16.4. The smallest absolute Gasteiger partial charge is 0.337 e. The number of aliphatic hydroxyl groups is 3. The van der Waals surface area contributed by atoms with Gasteiger partial charge in [-0.25, -0.2) is 4.79 Å². The van der Waals surface area contributed by atoms with Crippen LogP contribution in [0.3, 0.4) is 0 Å². The average Bonchev–Trinajstić information content (AvgIpc) is 3.58. The molecule has 2 aromatic rings. The summed E-state index contributed by atoms with van der Waals surface area (Å²) in [6.07, 6.45) is 10.9. The minimum Gasteiger partial charge on any atom is -0.478 e. The number of aromatic carboxylic acids is 1. The number of aliphatic hydroxyl groups excluding tert-OH is 2. The minimum absolute atomic E-state index is 0.0221. The van der Waals surface area contributed by atoms with Gasteiger partial charge in [0.05, 0.1) is 41.5 Å². The van der Waals surface area contributed by atoms with E-state index in [2.05, 4.69) is 50.2 Å². The van der Waals surface area contributed by atoms with Crippen LogP contribution in [0.2, 0.25) is 0 Å². The second-order valence-corrected chi connectivity index (χ2v) is 20.1. The molecule has 0 radical (unpaired) electrons. The maximum absolute atomic E-state index is 14.7. The normalized spacial score (nSPS) is 38.2. The predicted molar refractivity (Wildman–Crippen MR) is 213 cm³/mol. The molecule has 5 saturated carbocycles. The Morgan fingerprint density at radius 1 is 0.857 bits per heavy atom. The summed E-state index contributed by atoms with van der Waals surface area (Å²) in [6, 6.07) is 10.4. The molecule has 0 spiro atoms. The zero-order chi connectivity index (χ0) is 40.5. The number of benzene rings is 1. The van der Waals surface area contributed by atoms with Gasteiger partial charge in [-0.2, -0.15) is 0 Å². The molecule has 6 unspecified atom stereocenters. The third-order valence-corrected chi connectivity index (χ3v) is 17.4. The Bertz CT molecular complexity index is 1830. The number of hydrogen-bond acceptors (Lipinski definition) is 7. The number of carbonyl (C=O) groups is 3. The molecule has 6 N–H and O–H groups in total. The molecule has 7 rings (SSSR count). The van der Waals surface area contributed by atoms with Crippen LogP contribution in [0.5, 0.6) is 0 Å². The number of nitrogens with zero attached hydrogens (tertiary/aromatic N) is 1. The third kappa shape index (κ3) is 6.41. The molecule has 1 aromatic heterocycles. The number of aromatic nitrogens is 1. The van der Waals surface area contributed by atoms with E-state index in [1.165, 1.54) is 12.3 Å². The van der Waals surface area contributed by atoms with E-state index in [1.54, 1.807) is 19.1 Å². The van der Waals surface area contributed by atoms with Crippen LogP contribution < -0.4 is 10.6 Å². The molecule has 5 fully saturated rings. The summed E-state index contributed by atoms with van der Waals surface area (Å²) in [4.78, 5) is 43.0. The van der Waals surface area contributed by atoms with E-state index in [4.69, 9.17) is 5.11 Å². The number of fused-ring (bicyclic) bond motifs is 7. The van der Waals surface area contributed by atoms with Crippen LogP contribution in [0.4, 0.5) is 0 Å². The molecule has 1 aromatic carbocycles. The number of carboxylic acids is 1. The number of nitrogens with one attached hydrogen (secondary N) is 2. The molecule has 56 heavy (non-hydrogen) atoms. The highest BCUT2D eigenvalue weighted by Gasteiger charge is 2.72. The summed E-state index contributed by atoms with van der Waals surface area (Å²) in [7, 11) is 0. The highest BCUT2D eigenvalue weighted by Crippen LogP contribution is 2.77. The van der Waals surface area contributed by atoms with Crippen molar-refractivity contribution in [2.75, 3.05) is 13.2 Å². The van der Waals surface area contributed by atoms with E-state index in [1.807, 2.05) is 18.2 Å². The van der Waals surface area contributed by atoms with E-state index >= 15 is 0 Å². The zero-order valence-corrected chi connectivity index (χ0v) is 34.4. The van der Waals surface area contributed by atoms with Gasteiger partial charge < -0.3 is 31.1 Å². The van der Waals surface area contributed by atoms with Crippen molar-refractivity contribution in [3.05, 3.63) is 65.0 Å². The van der Waals surface area contributed by atoms with E-state index in [0.717, 1.165) is 56.9 Å². The lowest BCUT2D eigenvalue weighted by Gasteiger charge is -2.73. The molecule has 0 saturated heterocycles. The Morgan fingerprint density at radius 2 is 1.62 bits per heavy atom. The van der Waals surface area contributed by atoms with Gasteiger partial charge in [-0.15, -0.1) is 0 Å². The molecule has 306 valence electrons. The van der Waals surface area contributed by atoms with Crippen molar-refractivity contribution >= 4 is 17.8 Å². The van der Waals surface area contributed by atoms with Crippen LogP contribution in [-0.2, 0) is 17.8 Å². The molecular formula is C46H65N3O7. The van der Waals surface area contributed by atoms with Gasteiger partial charge in [0.1, 0.15) is 0 Å². The summed E-state index contributed by atoms with van der Waals surface area (Å²) in [5.41, 5.74) is 0.225. The first-order valence-electron chi connectivity index (χ1n) is 21.2. The van der Waals surface area contributed by atoms with Crippen molar-refractivity contribution in [1.82, 2.24) is 15.6 Å². The van der Waals surface area contributed by atoms with Crippen LogP contribution in [0, 0.1) is 56.7 Å². The first-order chi connectivity index (χ1) is 26.3. The molecule has 10 heteroatoms. The standard InChI is InChI=1S/C46H65N3O7/c1-41(2)34-15-19-44(5)35(42(34,3)18-16-36(41)51)13-12-32-37-33(45(6,56)27-50)14-20-46(37,22-21-43(32,44)4)40(55)47-23-17-28-8-7-9-29(24-28)38(52)49-26-31-11-10-30(25-48-31)39(53)54/h7-11,24-25,32-37,50-51,56H,12-23,26-27H2,1-6H3,(H,47,55)(H,49,52)(H,53,54)/t32?,33?,34?,35?,36-,37?,42-,43+,44+,45?,46-/m0/s1. The number of amides is 2. The van der Waals surface area contributed by atoms with E-state index < -0.39 is 17.0 Å². The molecule has 5 aliphatic rings. The lowest BCUT2D eigenvalue weighted by Crippen LogP contribution is -2.68. The van der Waals surface area contributed by atoms with Crippen molar-refractivity contribution in [3.8, 4) is 0 Å². The Balaban J connectivity index is 1.07. The second-order valence-electron chi connectivity index (χ2n) is 20.1. The van der Waals surface area contributed by atoms with E-state index in [-0.39, 0.29) is 76.0 Å². The Hall–Kier alpha value is -3.34. The zero-order valence-electron chi connectivity index (χ0n) is 34.4. The van der Waals surface area contributed by atoms with Gasteiger partial charge >= 0.3 is 5.97 Å². The monoisotopic (exact) mass is 771 g/mol. The maximum atomic E-state index is 14.7. The Labute approximate surface area is 332 Å². The van der Waals surface area contributed by atoms with Crippen LogP contribution in [0.25, 0.3) is 0 Å². The fourth-order valence-electron chi connectivity index (χ4n) is 14.1.